The lowest BCUT2D eigenvalue weighted by atomic mass is 9.32. The molecule has 0 saturated heterocycles. The van der Waals surface area contributed by atoms with Crippen LogP contribution in [0, 0.1) is 62.6 Å². The second-order valence-corrected chi connectivity index (χ2v) is 15.6. The van der Waals surface area contributed by atoms with Gasteiger partial charge in [0.2, 0.25) is 0 Å². The van der Waals surface area contributed by atoms with Crippen LogP contribution in [0.1, 0.15) is 120 Å². The highest BCUT2D eigenvalue weighted by atomic mass is 16.5. The summed E-state index contributed by atoms with van der Waals surface area (Å²) in [5.74, 6) is 1.77. The number of ether oxygens (including phenoxy) is 1. The number of carboxylic acids is 1. The van der Waals surface area contributed by atoms with E-state index in [1.165, 1.54) is 44.9 Å². The van der Waals surface area contributed by atoms with Gasteiger partial charge in [-0.3, -0.25) is 9.59 Å². The smallest absolute Gasteiger partial charge is 0.306 e. The molecule has 0 radical (unpaired) electrons. The minimum Gasteiger partial charge on any atom is -0.481 e. The highest BCUT2D eigenvalue weighted by molar-refractivity contribution is 5.70. The summed E-state index contributed by atoms with van der Waals surface area (Å²) in [4.78, 5) is 24.0. The molecule has 0 aliphatic heterocycles. The molecule has 0 aromatic rings. The molecule has 0 spiro atoms. The van der Waals surface area contributed by atoms with E-state index in [0.29, 0.717) is 35.0 Å². The number of esters is 1. The molecule has 0 bridgehead atoms. The zero-order chi connectivity index (χ0) is 26.5. The largest absolute Gasteiger partial charge is 0.481 e. The first-order chi connectivity index (χ1) is 16.6. The second kappa shape index (κ2) is 8.22. The minimum atomic E-state index is -0.601. The van der Waals surface area contributed by atoms with E-state index >= 15 is 0 Å². The Balaban J connectivity index is 1.49. The number of hydrogen-bond donors (Lipinski definition) is 1. The van der Waals surface area contributed by atoms with Crippen LogP contribution in [-0.4, -0.2) is 23.1 Å². The quantitative estimate of drug-likeness (QED) is 0.403. The molecule has 5 aliphatic carbocycles. The third kappa shape index (κ3) is 3.36. The van der Waals surface area contributed by atoms with E-state index in [4.69, 9.17) is 4.74 Å². The Kier molecular flexibility index (Phi) is 6.06. The molecule has 5 fully saturated rings. The molecule has 36 heavy (non-hydrogen) atoms. The van der Waals surface area contributed by atoms with Crippen molar-refractivity contribution in [2.75, 3.05) is 0 Å². The summed E-state index contributed by atoms with van der Waals surface area (Å²) < 4.78 is 5.89. The van der Waals surface area contributed by atoms with Gasteiger partial charge >= 0.3 is 11.9 Å². The first-order valence-electron chi connectivity index (χ1n) is 15.0. The number of rotatable bonds is 3. The Morgan fingerprint density at radius 3 is 2.14 bits per heavy atom. The third-order valence-electron chi connectivity index (χ3n) is 14.2. The maximum Gasteiger partial charge on any atom is 0.306 e. The van der Waals surface area contributed by atoms with Crippen molar-refractivity contribution < 1.29 is 19.4 Å². The van der Waals surface area contributed by atoms with Gasteiger partial charge in [-0.05, 0) is 115 Å². The molecule has 5 saturated carbocycles. The van der Waals surface area contributed by atoms with Gasteiger partial charge < -0.3 is 9.84 Å². The van der Waals surface area contributed by atoms with E-state index in [9.17, 15) is 14.7 Å². The van der Waals surface area contributed by atoms with Crippen LogP contribution in [0.15, 0.2) is 0 Å². The predicted molar refractivity (Wildman–Crippen MR) is 142 cm³/mol. The van der Waals surface area contributed by atoms with Gasteiger partial charge in [-0.2, -0.15) is 0 Å². The highest BCUT2D eigenvalue weighted by Crippen LogP contribution is 2.77. The van der Waals surface area contributed by atoms with Crippen LogP contribution in [-0.2, 0) is 14.3 Å². The summed E-state index contributed by atoms with van der Waals surface area (Å²) >= 11 is 0. The molecule has 4 heteroatoms. The van der Waals surface area contributed by atoms with E-state index in [2.05, 4.69) is 41.5 Å². The van der Waals surface area contributed by atoms with Gasteiger partial charge in [-0.1, -0.05) is 48.5 Å². The Morgan fingerprint density at radius 2 is 1.50 bits per heavy atom. The number of aliphatic carboxylic acids is 1. The lowest BCUT2D eigenvalue weighted by Gasteiger charge is -2.73. The first-order valence-corrected chi connectivity index (χ1v) is 15.0. The van der Waals surface area contributed by atoms with Gasteiger partial charge in [0, 0.05) is 12.3 Å². The molecule has 11 atom stereocenters. The van der Waals surface area contributed by atoms with E-state index in [-0.39, 0.29) is 39.7 Å². The van der Waals surface area contributed by atoms with E-state index < -0.39 is 5.97 Å². The summed E-state index contributed by atoms with van der Waals surface area (Å²) in [5, 5.41) is 9.97. The summed E-state index contributed by atoms with van der Waals surface area (Å²) in [7, 11) is 0. The van der Waals surface area contributed by atoms with Crippen molar-refractivity contribution in [3.8, 4) is 0 Å². The molecule has 0 aromatic heterocycles. The molecular formula is C32H52O4. The topological polar surface area (TPSA) is 63.6 Å². The number of hydrogen-bond acceptors (Lipinski definition) is 3. The van der Waals surface area contributed by atoms with Gasteiger partial charge in [-0.15, -0.1) is 0 Å². The minimum absolute atomic E-state index is 0.00361. The predicted octanol–water partition coefficient (Wildman–Crippen LogP) is 7.74. The monoisotopic (exact) mass is 500 g/mol. The maximum atomic E-state index is 12.1. The Labute approximate surface area is 219 Å². The van der Waals surface area contributed by atoms with Crippen molar-refractivity contribution in [3.63, 3.8) is 0 Å². The van der Waals surface area contributed by atoms with Crippen LogP contribution in [0.2, 0.25) is 0 Å². The van der Waals surface area contributed by atoms with E-state index in [1.54, 1.807) is 6.92 Å². The van der Waals surface area contributed by atoms with Crippen LogP contribution in [0.3, 0.4) is 0 Å². The fourth-order valence-corrected chi connectivity index (χ4v) is 12.1. The van der Waals surface area contributed by atoms with Gasteiger partial charge in [0.25, 0.3) is 0 Å². The van der Waals surface area contributed by atoms with Crippen LogP contribution >= 0.6 is 0 Å². The van der Waals surface area contributed by atoms with Crippen molar-refractivity contribution in [2.45, 2.75) is 126 Å². The molecule has 5 aliphatic rings. The molecule has 0 heterocycles. The number of carboxylic acid groups (broad SMARTS) is 1. The Hall–Kier alpha value is -1.06. The molecule has 0 aromatic carbocycles. The standard InChI is InChI=1S/C32H52O4/c1-19(27(34)35)21-11-14-29(5)17-18-31(7)22(26(21)29)9-10-24-30(6)15-13-25(36-20(2)33)28(3,4)23(30)12-16-32(24,31)8/h19,21-26H,9-18H2,1-8H3,(H,34,35)/t19-,21-,22+,23-,24+,25-,26+,29+,30-,31+,32+/m0/s1. The average Bonchev–Trinajstić information content (AvgIpc) is 3.13. The van der Waals surface area contributed by atoms with Crippen LogP contribution < -0.4 is 0 Å². The summed E-state index contributed by atoms with van der Waals surface area (Å²) in [5.41, 5.74) is 1.13. The summed E-state index contributed by atoms with van der Waals surface area (Å²) in [6.45, 7) is 18.6. The Bertz CT molecular complexity index is 925. The number of carbonyl (C=O) groups excluding carboxylic acids is 1. The molecule has 5 rings (SSSR count). The number of carbonyl (C=O) groups is 2. The van der Waals surface area contributed by atoms with Crippen molar-refractivity contribution in [1.29, 1.82) is 0 Å². The zero-order valence-corrected chi connectivity index (χ0v) is 24.3. The Morgan fingerprint density at radius 1 is 0.806 bits per heavy atom. The number of fused-ring (bicyclic) bond motifs is 7. The van der Waals surface area contributed by atoms with Crippen molar-refractivity contribution in [1.82, 2.24) is 0 Å². The normalized spacial score (nSPS) is 52.2. The summed E-state index contributed by atoms with van der Waals surface area (Å²) in [6, 6.07) is 0. The SMILES string of the molecule is CC(=O)O[C@H]1CC[C@]2(C)[C@H]3CC[C@@H]4[C@H]5[C@H]([C@H](C)C(=O)O)CC[C@]5(C)CC[C@@]4(C)[C@]3(C)CC[C@H]2C1(C)C. The fourth-order valence-electron chi connectivity index (χ4n) is 12.1. The van der Waals surface area contributed by atoms with Crippen LogP contribution in [0.4, 0.5) is 0 Å². The molecule has 204 valence electrons. The van der Waals surface area contributed by atoms with E-state index in [0.717, 1.165) is 19.3 Å². The zero-order valence-electron chi connectivity index (χ0n) is 24.3. The van der Waals surface area contributed by atoms with Crippen molar-refractivity contribution >= 4 is 11.9 Å². The molecule has 1 N–H and O–H groups in total. The molecular weight excluding hydrogens is 448 g/mol. The van der Waals surface area contributed by atoms with Gasteiger partial charge in [0.1, 0.15) is 6.10 Å². The fraction of sp³-hybridized carbons (Fsp3) is 0.938. The first kappa shape index (κ1) is 26.5. The third-order valence-corrected chi connectivity index (χ3v) is 14.2. The van der Waals surface area contributed by atoms with Gasteiger partial charge in [-0.25, -0.2) is 0 Å². The van der Waals surface area contributed by atoms with Gasteiger partial charge in [0.15, 0.2) is 0 Å². The maximum absolute atomic E-state index is 12.1. The lowest BCUT2D eigenvalue weighted by Crippen LogP contribution is -2.66. The molecule has 0 unspecified atom stereocenters. The molecule has 4 nitrogen and oxygen atoms in total. The van der Waals surface area contributed by atoms with Crippen LogP contribution in [0.5, 0.6) is 0 Å². The van der Waals surface area contributed by atoms with Crippen molar-refractivity contribution in [2.24, 2.45) is 62.6 Å². The summed E-state index contributed by atoms with van der Waals surface area (Å²) in [6.07, 6.45) is 12.0. The van der Waals surface area contributed by atoms with E-state index in [1.807, 2.05) is 6.92 Å². The van der Waals surface area contributed by atoms with Crippen LogP contribution in [0.25, 0.3) is 0 Å². The highest BCUT2D eigenvalue weighted by Gasteiger charge is 2.70. The molecule has 0 amide bonds. The lowest BCUT2D eigenvalue weighted by molar-refractivity contribution is -0.250. The van der Waals surface area contributed by atoms with Gasteiger partial charge in [0.05, 0.1) is 5.92 Å². The second-order valence-electron chi connectivity index (χ2n) is 15.6. The van der Waals surface area contributed by atoms with Crippen molar-refractivity contribution in [3.05, 3.63) is 0 Å². The average molecular weight is 501 g/mol.